The number of aryl methyl sites for hydroxylation is 1. The van der Waals surface area contributed by atoms with Crippen LogP contribution >= 0.6 is 11.6 Å². The van der Waals surface area contributed by atoms with E-state index in [0.29, 0.717) is 6.54 Å². The van der Waals surface area contributed by atoms with Crippen LogP contribution in [0.4, 0.5) is 11.4 Å². The fourth-order valence-corrected chi connectivity index (χ4v) is 2.62. The molecular formula is C20H19ClN2O2. The first kappa shape index (κ1) is 17.1. The quantitative estimate of drug-likeness (QED) is 0.638. The van der Waals surface area contributed by atoms with Crippen molar-refractivity contribution in [2.24, 2.45) is 0 Å². The lowest BCUT2D eigenvalue weighted by atomic mass is 10.1. The molecule has 3 rings (SSSR count). The Morgan fingerprint density at radius 2 is 1.76 bits per heavy atom. The summed E-state index contributed by atoms with van der Waals surface area (Å²) in [5.41, 5.74) is 3.73. The highest BCUT2D eigenvalue weighted by molar-refractivity contribution is 6.31. The van der Waals surface area contributed by atoms with E-state index in [1.165, 1.54) is 6.92 Å². The van der Waals surface area contributed by atoms with Crippen LogP contribution in [0.25, 0.3) is 11.3 Å². The number of hydrogen-bond acceptors (Lipinski definition) is 3. The summed E-state index contributed by atoms with van der Waals surface area (Å²) in [6.07, 6.45) is 0. The van der Waals surface area contributed by atoms with Gasteiger partial charge in [-0.25, -0.2) is 0 Å². The van der Waals surface area contributed by atoms with Gasteiger partial charge in [0.2, 0.25) is 5.91 Å². The summed E-state index contributed by atoms with van der Waals surface area (Å²) in [4.78, 5) is 11.0. The van der Waals surface area contributed by atoms with Crippen LogP contribution in [0.2, 0.25) is 5.02 Å². The van der Waals surface area contributed by atoms with Gasteiger partial charge in [0, 0.05) is 28.9 Å². The minimum Gasteiger partial charge on any atom is -0.459 e. The molecule has 0 aliphatic carbocycles. The van der Waals surface area contributed by atoms with E-state index in [9.17, 15) is 4.79 Å². The summed E-state index contributed by atoms with van der Waals surface area (Å²) in [5.74, 6) is 1.54. The molecule has 1 amide bonds. The number of rotatable bonds is 5. The summed E-state index contributed by atoms with van der Waals surface area (Å²) in [7, 11) is 0. The first-order valence-electron chi connectivity index (χ1n) is 7.98. The third-order valence-electron chi connectivity index (χ3n) is 3.79. The number of anilines is 2. The van der Waals surface area contributed by atoms with E-state index in [4.69, 9.17) is 16.0 Å². The zero-order chi connectivity index (χ0) is 17.8. The molecule has 25 heavy (non-hydrogen) atoms. The predicted octanol–water partition coefficient (Wildman–Crippen LogP) is 5.48. The van der Waals surface area contributed by atoms with Crippen molar-refractivity contribution in [3.63, 3.8) is 0 Å². The van der Waals surface area contributed by atoms with Crippen molar-refractivity contribution < 1.29 is 9.21 Å². The molecule has 2 N–H and O–H groups in total. The smallest absolute Gasteiger partial charge is 0.221 e. The number of amides is 1. The number of halogens is 1. The molecule has 0 spiro atoms. The van der Waals surface area contributed by atoms with Crippen molar-refractivity contribution in [3.05, 3.63) is 70.9 Å². The van der Waals surface area contributed by atoms with Crippen molar-refractivity contribution in [2.45, 2.75) is 20.4 Å². The fraction of sp³-hybridized carbons (Fsp3) is 0.150. The largest absolute Gasteiger partial charge is 0.459 e. The molecule has 0 aliphatic heterocycles. The van der Waals surface area contributed by atoms with Crippen LogP contribution in [0.1, 0.15) is 18.2 Å². The molecule has 5 heteroatoms. The number of nitrogens with one attached hydrogen (secondary N) is 2. The zero-order valence-electron chi connectivity index (χ0n) is 14.1. The van der Waals surface area contributed by atoms with Gasteiger partial charge in [-0.2, -0.15) is 0 Å². The Morgan fingerprint density at radius 1 is 1.04 bits per heavy atom. The number of carbonyl (C=O) groups is 1. The first-order chi connectivity index (χ1) is 12.0. The first-order valence-corrected chi connectivity index (χ1v) is 8.36. The van der Waals surface area contributed by atoms with Gasteiger partial charge < -0.3 is 15.1 Å². The molecule has 0 fully saturated rings. The highest BCUT2D eigenvalue weighted by Crippen LogP contribution is 2.27. The summed E-state index contributed by atoms with van der Waals surface area (Å²) in [6, 6.07) is 17.3. The second-order valence-electron chi connectivity index (χ2n) is 5.84. The van der Waals surface area contributed by atoms with Crippen molar-refractivity contribution in [3.8, 4) is 11.3 Å². The Morgan fingerprint density at radius 3 is 2.44 bits per heavy atom. The lowest BCUT2D eigenvalue weighted by Crippen LogP contribution is -2.05. The molecule has 3 aromatic rings. The Bertz CT molecular complexity index is 885. The Labute approximate surface area is 151 Å². The maximum Gasteiger partial charge on any atom is 0.221 e. The Hall–Kier alpha value is -2.72. The van der Waals surface area contributed by atoms with Gasteiger partial charge in [-0.1, -0.05) is 23.7 Å². The minimum absolute atomic E-state index is 0.0833. The molecule has 0 unspecified atom stereocenters. The van der Waals surface area contributed by atoms with Crippen LogP contribution in [-0.4, -0.2) is 5.91 Å². The van der Waals surface area contributed by atoms with E-state index in [1.807, 2.05) is 61.5 Å². The summed E-state index contributed by atoms with van der Waals surface area (Å²) < 4.78 is 5.88. The second kappa shape index (κ2) is 7.45. The molecule has 2 aromatic carbocycles. The maximum atomic E-state index is 11.0. The third kappa shape index (κ3) is 4.43. The topological polar surface area (TPSA) is 54.3 Å². The molecular weight excluding hydrogens is 336 g/mol. The molecule has 0 radical (unpaired) electrons. The molecule has 0 aliphatic rings. The summed E-state index contributed by atoms with van der Waals surface area (Å²) in [6.45, 7) is 4.03. The van der Waals surface area contributed by atoms with Crippen LogP contribution < -0.4 is 10.6 Å². The molecule has 1 aromatic heterocycles. The lowest BCUT2D eigenvalue weighted by molar-refractivity contribution is -0.114. The van der Waals surface area contributed by atoms with Crippen LogP contribution in [-0.2, 0) is 11.3 Å². The molecule has 4 nitrogen and oxygen atoms in total. The van der Waals surface area contributed by atoms with Crippen LogP contribution in [0.15, 0.2) is 59.0 Å². The van der Waals surface area contributed by atoms with Gasteiger partial charge in [-0.05, 0) is 55.0 Å². The van der Waals surface area contributed by atoms with Crippen molar-refractivity contribution in [1.29, 1.82) is 0 Å². The van der Waals surface area contributed by atoms with Gasteiger partial charge in [-0.3, -0.25) is 4.79 Å². The predicted molar refractivity (Wildman–Crippen MR) is 102 cm³/mol. The molecule has 0 saturated heterocycles. The van der Waals surface area contributed by atoms with Crippen LogP contribution in [0.3, 0.4) is 0 Å². The monoisotopic (exact) mass is 354 g/mol. The molecule has 0 atom stereocenters. The van der Waals surface area contributed by atoms with E-state index in [-0.39, 0.29) is 5.91 Å². The molecule has 1 heterocycles. The number of benzene rings is 2. The second-order valence-corrected chi connectivity index (χ2v) is 6.25. The summed E-state index contributed by atoms with van der Waals surface area (Å²) in [5, 5.41) is 6.76. The third-order valence-corrected chi connectivity index (χ3v) is 4.20. The Balaban J connectivity index is 1.63. The lowest BCUT2D eigenvalue weighted by Gasteiger charge is -2.06. The van der Waals surface area contributed by atoms with Gasteiger partial charge in [0.25, 0.3) is 0 Å². The van der Waals surface area contributed by atoms with E-state index in [0.717, 1.165) is 39.0 Å². The molecule has 0 saturated carbocycles. The van der Waals surface area contributed by atoms with E-state index < -0.39 is 0 Å². The van der Waals surface area contributed by atoms with E-state index in [1.54, 1.807) is 0 Å². The zero-order valence-corrected chi connectivity index (χ0v) is 14.9. The fourth-order valence-electron chi connectivity index (χ4n) is 2.44. The average Bonchev–Trinajstić information content (AvgIpc) is 3.05. The van der Waals surface area contributed by atoms with Crippen LogP contribution in [0, 0.1) is 6.92 Å². The maximum absolute atomic E-state index is 11.0. The number of furan rings is 1. The summed E-state index contributed by atoms with van der Waals surface area (Å²) >= 11 is 6.18. The van der Waals surface area contributed by atoms with E-state index >= 15 is 0 Å². The normalized spacial score (nSPS) is 10.5. The van der Waals surface area contributed by atoms with Crippen molar-refractivity contribution >= 4 is 28.9 Å². The van der Waals surface area contributed by atoms with Crippen molar-refractivity contribution in [2.75, 3.05) is 10.6 Å². The highest BCUT2D eigenvalue weighted by Gasteiger charge is 2.07. The highest BCUT2D eigenvalue weighted by atomic mass is 35.5. The van der Waals surface area contributed by atoms with Gasteiger partial charge in [0.15, 0.2) is 0 Å². The Kier molecular flexibility index (Phi) is 5.10. The molecule has 128 valence electrons. The molecule has 0 bridgehead atoms. The van der Waals surface area contributed by atoms with Gasteiger partial charge in [-0.15, -0.1) is 0 Å². The van der Waals surface area contributed by atoms with Gasteiger partial charge in [0.1, 0.15) is 11.5 Å². The van der Waals surface area contributed by atoms with Gasteiger partial charge in [0.05, 0.1) is 6.54 Å². The standard InChI is InChI=1S/C20H19ClN2O2/c1-13-3-4-15(11-19(13)21)20-10-9-18(25-20)12-22-16-5-7-17(8-6-16)23-14(2)24/h3-11,22H,12H2,1-2H3,(H,23,24). The van der Waals surface area contributed by atoms with Crippen LogP contribution in [0.5, 0.6) is 0 Å². The number of hydrogen-bond donors (Lipinski definition) is 2. The minimum atomic E-state index is -0.0833. The van der Waals surface area contributed by atoms with E-state index in [2.05, 4.69) is 10.6 Å². The number of carbonyl (C=O) groups excluding carboxylic acids is 1. The SMILES string of the molecule is CC(=O)Nc1ccc(NCc2ccc(-c3ccc(C)c(Cl)c3)o2)cc1. The average molecular weight is 355 g/mol. The van der Waals surface area contributed by atoms with Crippen molar-refractivity contribution in [1.82, 2.24) is 0 Å². The van der Waals surface area contributed by atoms with Gasteiger partial charge >= 0.3 is 0 Å².